The lowest BCUT2D eigenvalue weighted by Crippen LogP contribution is -2.35. The van der Waals surface area contributed by atoms with Crippen LogP contribution in [0.5, 0.6) is 0 Å². The van der Waals surface area contributed by atoms with E-state index in [4.69, 9.17) is 0 Å². The average Bonchev–Trinajstić information content (AvgIpc) is 3.00. The van der Waals surface area contributed by atoms with Crippen molar-refractivity contribution in [3.63, 3.8) is 0 Å². The van der Waals surface area contributed by atoms with Crippen molar-refractivity contribution < 1.29 is 9.18 Å². The van der Waals surface area contributed by atoms with Crippen LogP contribution >= 0.6 is 0 Å². The van der Waals surface area contributed by atoms with Crippen LogP contribution in [0, 0.1) is 17.7 Å². The van der Waals surface area contributed by atoms with Crippen molar-refractivity contribution in [1.82, 2.24) is 24.6 Å². The molecule has 25 heavy (non-hydrogen) atoms. The number of nitrogens with one attached hydrogen (secondary N) is 2. The minimum Gasteiger partial charge on any atom is -0.355 e. The summed E-state index contributed by atoms with van der Waals surface area (Å²) in [6.45, 7) is 4.44. The van der Waals surface area contributed by atoms with E-state index < -0.39 is 5.82 Å². The van der Waals surface area contributed by atoms with Crippen LogP contribution in [0.2, 0.25) is 0 Å². The van der Waals surface area contributed by atoms with Crippen molar-refractivity contribution in [3.05, 3.63) is 40.1 Å². The first kappa shape index (κ1) is 16.1. The van der Waals surface area contributed by atoms with E-state index in [0.29, 0.717) is 18.3 Å². The van der Waals surface area contributed by atoms with E-state index in [-0.39, 0.29) is 35.3 Å². The number of hydrogen-bond acceptors (Lipinski definition) is 3. The first-order valence-corrected chi connectivity index (χ1v) is 8.79. The third-order valence-electron chi connectivity index (χ3n) is 5.32. The molecule has 1 saturated heterocycles. The van der Waals surface area contributed by atoms with Gasteiger partial charge in [-0.05, 0) is 44.9 Å². The number of hydrogen-bond donors (Lipinski definition) is 2. The molecule has 7 nitrogen and oxygen atoms in total. The summed E-state index contributed by atoms with van der Waals surface area (Å²) in [7, 11) is 0. The molecule has 0 aromatic carbocycles. The zero-order valence-corrected chi connectivity index (χ0v) is 14.3. The van der Waals surface area contributed by atoms with Gasteiger partial charge >= 0.3 is 5.69 Å². The maximum absolute atomic E-state index is 13.3. The maximum atomic E-state index is 13.3. The fourth-order valence-corrected chi connectivity index (χ4v) is 4.06. The fraction of sp³-hybridized carbons (Fsp3) is 0.588. The number of carbonyl (C=O) groups excluding carboxylic acids is 1. The van der Waals surface area contributed by atoms with Gasteiger partial charge < -0.3 is 9.88 Å². The van der Waals surface area contributed by atoms with Crippen LogP contribution in [0.15, 0.2) is 17.1 Å². The van der Waals surface area contributed by atoms with Gasteiger partial charge in [-0.3, -0.25) is 9.36 Å². The highest BCUT2D eigenvalue weighted by Gasteiger charge is 2.48. The molecule has 2 aromatic rings. The lowest BCUT2D eigenvalue weighted by atomic mass is 9.94. The molecule has 1 amide bonds. The van der Waals surface area contributed by atoms with Crippen LogP contribution in [0.4, 0.5) is 4.39 Å². The standard InChI is InChI=1S/C17H22FN5O2/c1-9(2)23-15(20-21-17(23)25)14-12(10-3-4-10)5-6-22(14)16(24)13-7-11(18)8-19-13/h7-10,12,14,19H,3-6H2,1-2H3,(H,21,25). The normalized spacial score (nSPS) is 23.6. The fourth-order valence-electron chi connectivity index (χ4n) is 4.06. The van der Waals surface area contributed by atoms with Gasteiger partial charge in [-0.2, -0.15) is 5.10 Å². The molecule has 0 radical (unpaired) electrons. The SMILES string of the molecule is CC(C)n1c(C2C(C3CC3)CCN2C(=O)c2cc(F)c[nH]2)n[nH]c1=O. The van der Waals surface area contributed by atoms with E-state index in [1.54, 1.807) is 9.47 Å². The van der Waals surface area contributed by atoms with E-state index in [9.17, 15) is 14.0 Å². The molecule has 1 aliphatic heterocycles. The third kappa shape index (κ3) is 2.69. The topological polar surface area (TPSA) is 86.8 Å². The van der Waals surface area contributed by atoms with E-state index in [1.807, 2.05) is 13.8 Å². The number of carbonyl (C=O) groups is 1. The zero-order valence-electron chi connectivity index (χ0n) is 14.3. The van der Waals surface area contributed by atoms with Gasteiger partial charge in [0, 0.05) is 24.8 Å². The van der Waals surface area contributed by atoms with Crippen LogP contribution in [0.1, 0.15) is 61.5 Å². The highest BCUT2D eigenvalue weighted by Crippen LogP contribution is 2.50. The molecule has 2 atom stereocenters. The molecule has 2 aliphatic rings. The lowest BCUT2D eigenvalue weighted by Gasteiger charge is -2.28. The molecule has 8 heteroatoms. The molecule has 134 valence electrons. The smallest absolute Gasteiger partial charge is 0.343 e. The molecular weight excluding hydrogens is 325 g/mol. The average molecular weight is 347 g/mol. The van der Waals surface area contributed by atoms with Gasteiger partial charge in [0.05, 0.1) is 6.04 Å². The number of halogens is 1. The van der Waals surface area contributed by atoms with Crippen molar-refractivity contribution in [2.45, 2.75) is 45.2 Å². The quantitative estimate of drug-likeness (QED) is 0.889. The number of rotatable bonds is 4. The molecule has 4 rings (SSSR count). The number of nitrogens with zero attached hydrogens (tertiary/aromatic N) is 3. The molecule has 0 spiro atoms. The number of amides is 1. The molecule has 0 bridgehead atoms. The summed E-state index contributed by atoms with van der Waals surface area (Å²) >= 11 is 0. The number of H-pyrrole nitrogens is 2. The molecule has 2 aromatic heterocycles. The van der Waals surface area contributed by atoms with Crippen LogP contribution in [0.25, 0.3) is 0 Å². The molecular formula is C17H22FN5O2. The Balaban J connectivity index is 1.74. The van der Waals surface area contributed by atoms with Crippen molar-refractivity contribution in [3.8, 4) is 0 Å². The van der Waals surface area contributed by atoms with E-state index >= 15 is 0 Å². The van der Waals surface area contributed by atoms with Crippen LogP contribution in [-0.2, 0) is 0 Å². The predicted molar refractivity (Wildman–Crippen MR) is 88.6 cm³/mol. The van der Waals surface area contributed by atoms with Gasteiger partial charge in [-0.25, -0.2) is 14.3 Å². The van der Waals surface area contributed by atoms with Gasteiger partial charge in [-0.15, -0.1) is 0 Å². The summed E-state index contributed by atoms with van der Waals surface area (Å²) < 4.78 is 14.9. The minimum atomic E-state index is -0.461. The summed E-state index contributed by atoms with van der Waals surface area (Å²) in [5.41, 5.74) is -0.0299. The zero-order chi connectivity index (χ0) is 17.7. The number of aromatic amines is 2. The van der Waals surface area contributed by atoms with Crippen molar-refractivity contribution in [2.75, 3.05) is 6.54 Å². The Morgan fingerprint density at radius 3 is 2.72 bits per heavy atom. The van der Waals surface area contributed by atoms with E-state index in [1.165, 1.54) is 12.3 Å². The summed E-state index contributed by atoms with van der Waals surface area (Å²) in [6.07, 6.45) is 4.35. The summed E-state index contributed by atoms with van der Waals surface area (Å²) in [5.74, 6) is 0.751. The Bertz CT molecular complexity index is 847. The first-order valence-electron chi connectivity index (χ1n) is 8.79. The predicted octanol–water partition coefficient (Wildman–Crippen LogP) is 2.23. The second-order valence-corrected chi connectivity index (χ2v) is 7.32. The van der Waals surface area contributed by atoms with E-state index in [2.05, 4.69) is 15.2 Å². The first-order chi connectivity index (χ1) is 12.0. The van der Waals surface area contributed by atoms with Gasteiger partial charge in [0.15, 0.2) is 5.82 Å². The van der Waals surface area contributed by atoms with Crippen LogP contribution < -0.4 is 5.69 Å². The molecule has 3 heterocycles. The Morgan fingerprint density at radius 2 is 2.12 bits per heavy atom. The van der Waals surface area contributed by atoms with Crippen molar-refractivity contribution in [1.29, 1.82) is 0 Å². The summed E-state index contributed by atoms with van der Waals surface area (Å²) in [5, 5.41) is 6.79. The summed E-state index contributed by atoms with van der Waals surface area (Å²) in [6, 6.07) is 0.901. The van der Waals surface area contributed by atoms with Gasteiger partial charge in [0.2, 0.25) is 0 Å². The Morgan fingerprint density at radius 1 is 1.36 bits per heavy atom. The Hall–Kier alpha value is -2.38. The number of aromatic nitrogens is 4. The third-order valence-corrected chi connectivity index (χ3v) is 5.32. The highest BCUT2D eigenvalue weighted by atomic mass is 19.1. The highest BCUT2D eigenvalue weighted by molar-refractivity contribution is 5.93. The number of likely N-dealkylation sites (tertiary alicyclic amines) is 1. The van der Waals surface area contributed by atoms with Gasteiger partial charge in [0.25, 0.3) is 5.91 Å². The molecule has 1 aliphatic carbocycles. The maximum Gasteiger partial charge on any atom is 0.343 e. The van der Waals surface area contributed by atoms with Crippen LogP contribution in [0.3, 0.4) is 0 Å². The van der Waals surface area contributed by atoms with Crippen LogP contribution in [-0.4, -0.2) is 37.1 Å². The monoisotopic (exact) mass is 347 g/mol. The van der Waals surface area contributed by atoms with E-state index in [0.717, 1.165) is 19.3 Å². The van der Waals surface area contributed by atoms with Crippen molar-refractivity contribution >= 4 is 5.91 Å². The second-order valence-electron chi connectivity index (χ2n) is 7.32. The molecule has 1 saturated carbocycles. The largest absolute Gasteiger partial charge is 0.355 e. The summed E-state index contributed by atoms with van der Waals surface area (Å²) in [4.78, 5) is 29.5. The van der Waals surface area contributed by atoms with Gasteiger partial charge in [-0.1, -0.05) is 0 Å². The minimum absolute atomic E-state index is 0.0541. The Kier molecular flexibility index (Phi) is 3.77. The Labute approximate surface area is 144 Å². The van der Waals surface area contributed by atoms with Gasteiger partial charge in [0.1, 0.15) is 11.5 Å². The van der Waals surface area contributed by atoms with Crippen molar-refractivity contribution in [2.24, 2.45) is 11.8 Å². The lowest BCUT2D eigenvalue weighted by molar-refractivity contribution is 0.0694. The molecule has 2 fully saturated rings. The molecule has 2 unspecified atom stereocenters. The second kappa shape index (κ2) is 5.86. The molecule has 2 N–H and O–H groups in total.